The molecule has 2 rings (SSSR count). The first-order valence-electron chi connectivity index (χ1n) is 6.56. The number of benzene rings is 2. The SMILES string of the molecule is CCC(N)Cc1cccc(Oc2ccc(Cl)c(Cl)c2)c1. The minimum absolute atomic E-state index is 0.176. The second-order valence-corrected chi connectivity index (χ2v) is 5.51. The second-order valence-electron chi connectivity index (χ2n) is 4.70. The van der Waals surface area contributed by atoms with Gasteiger partial charge in [-0.3, -0.25) is 0 Å². The molecule has 0 bridgehead atoms. The zero-order chi connectivity index (χ0) is 14.5. The van der Waals surface area contributed by atoms with E-state index in [2.05, 4.69) is 13.0 Å². The molecule has 2 aromatic carbocycles. The van der Waals surface area contributed by atoms with Crippen LogP contribution in [0.15, 0.2) is 42.5 Å². The molecule has 2 N–H and O–H groups in total. The number of nitrogens with two attached hydrogens (primary N) is 1. The summed E-state index contributed by atoms with van der Waals surface area (Å²) in [5, 5.41) is 0.995. The normalized spacial score (nSPS) is 12.2. The molecule has 0 radical (unpaired) electrons. The van der Waals surface area contributed by atoms with Crippen LogP contribution in [0.2, 0.25) is 10.0 Å². The van der Waals surface area contributed by atoms with Crippen LogP contribution in [-0.4, -0.2) is 6.04 Å². The van der Waals surface area contributed by atoms with Crippen molar-refractivity contribution < 1.29 is 4.74 Å². The molecule has 0 aliphatic heterocycles. The van der Waals surface area contributed by atoms with Crippen LogP contribution >= 0.6 is 23.2 Å². The summed E-state index contributed by atoms with van der Waals surface area (Å²) < 4.78 is 5.79. The highest BCUT2D eigenvalue weighted by molar-refractivity contribution is 6.42. The Kier molecular flexibility index (Phi) is 5.30. The summed E-state index contributed by atoms with van der Waals surface area (Å²) in [4.78, 5) is 0. The Morgan fingerprint density at radius 3 is 2.50 bits per heavy atom. The summed E-state index contributed by atoms with van der Waals surface area (Å²) in [6.07, 6.45) is 1.80. The van der Waals surface area contributed by atoms with Gasteiger partial charge in [0.25, 0.3) is 0 Å². The Labute approximate surface area is 129 Å². The Bertz CT molecular complexity index is 586. The molecule has 0 saturated heterocycles. The van der Waals surface area contributed by atoms with Gasteiger partial charge in [-0.05, 0) is 42.7 Å². The van der Waals surface area contributed by atoms with E-state index in [-0.39, 0.29) is 6.04 Å². The van der Waals surface area contributed by atoms with E-state index in [0.717, 1.165) is 24.2 Å². The van der Waals surface area contributed by atoms with E-state index in [0.29, 0.717) is 15.8 Å². The standard InChI is InChI=1S/C16H17Cl2NO/c1-2-12(19)8-11-4-3-5-13(9-11)20-14-6-7-15(17)16(18)10-14/h3-7,9-10,12H,2,8,19H2,1H3. The molecule has 106 valence electrons. The molecule has 0 aromatic heterocycles. The molecule has 0 amide bonds. The van der Waals surface area contributed by atoms with E-state index in [1.165, 1.54) is 0 Å². The van der Waals surface area contributed by atoms with Crippen LogP contribution in [0.5, 0.6) is 11.5 Å². The predicted molar refractivity (Wildman–Crippen MR) is 84.9 cm³/mol. The van der Waals surface area contributed by atoms with Crippen LogP contribution in [0.3, 0.4) is 0 Å². The molecular weight excluding hydrogens is 293 g/mol. The number of rotatable bonds is 5. The number of hydrogen-bond donors (Lipinski definition) is 1. The highest BCUT2D eigenvalue weighted by Gasteiger charge is 2.05. The third-order valence-corrected chi connectivity index (χ3v) is 3.79. The van der Waals surface area contributed by atoms with Gasteiger partial charge >= 0.3 is 0 Å². The summed E-state index contributed by atoms with van der Waals surface area (Å²) in [5.74, 6) is 1.43. The predicted octanol–water partition coefficient (Wildman–Crippen LogP) is 5.07. The molecular formula is C16H17Cl2NO. The fraction of sp³-hybridized carbons (Fsp3) is 0.250. The van der Waals surface area contributed by atoms with Crippen LogP contribution in [-0.2, 0) is 6.42 Å². The maximum absolute atomic E-state index is 5.97. The van der Waals surface area contributed by atoms with E-state index in [1.54, 1.807) is 18.2 Å². The average Bonchev–Trinajstić information content (AvgIpc) is 2.43. The van der Waals surface area contributed by atoms with Gasteiger partial charge in [0, 0.05) is 12.1 Å². The molecule has 0 saturated carbocycles. The summed E-state index contributed by atoms with van der Waals surface area (Å²) in [6.45, 7) is 2.08. The van der Waals surface area contributed by atoms with Crippen molar-refractivity contribution in [3.8, 4) is 11.5 Å². The summed E-state index contributed by atoms with van der Waals surface area (Å²) in [5.41, 5.74) is 7.14. The topological polar surface area (TPSA) is 35.2 Å². The molecule has 0 heterocycles. The molecule has 2 aromatic rings. The Balaban J connectivity index is 2.12. The molecule has 2 nitrogen and oxygen atoms in total. The molecule has 1 unspecified atom stereocenters. The van der Waals surface area contributed by atoms with Crippen molar-refractivity contribution in [2.75, 3.05) is 0 Å². The zero-order valence-corrected chi connectivity index (χ0v) is 12.8. The van der Waals surface area contributed by atoms with Crippen LogP contribution in [0.4, 0.5) is 0 Å². The lowest BCUT2D eigenvalue weighted by Gasteiger charge is -2.11. The van der Waals surface area contributed by atoms with Crippen molar-refractivity contribution >= 4 is 23.2 Å². The lowest BCUT2D eigenvalue weighted by molar-refractivity contribution is 0.481. The second kappa shape index (κ2) is 6.98. The fourth-order valence-corrected chi connectivity index (χ4v) is 2.15. The van der Waals surface area contributed by atoms with Gasteiger partial charge in [0.1, 0.15) is 11.5 Å². The van der Waals surface area contributed by atoms with Gasteiger partial charge in [0.05, 0.1) is 10.0 Å². The minimum atomic E-state index is 0.176. The quantitative estimate of drug-likeness (QED) is 0.837. The highest BCUT2D eigenvalue weighted by atomic mass is 35.5. The smallest absolute Gasteiger partial charge is 0.129 e. The number of ether oxygens (including phenoxy) is 1. The molecule has 0 aliphatic rings. The van der Waals surface area contributed by atoms with E-state index in [1.807, 2.05) is 18.2 Å². The molecule has 0 fully saturated rings. The van der Waals surface area contributed by atoms with Crippen molar-refractivity contribution in [1.29, 1.82) is 0 Å². The lowest BCUT2D eigenvalue weighted by atomic mass is 10.0. The van der Waals surface area contributed by atoms with Gasteiger partial charge in [0.15, 0.2) is 0 Å². The van der Waals surface area contributed by atoms with E-state index in [9.17, 15) is 0 Å². The summed E-state index contributed by atoms with van der Waals surface area (Å²) in [6, 6.07) is 13.3. The van der Waals surface area contributed by atoms with Crippen molar-refractivity contribution in [2.24, 2.45) is 5.73 Å². The van der Waals surface area contributed by atoms with Crippen molar-refractivity contribution in [3.05, 3.63) is 58.1 Å². The first kappa shape index (κ1) is 15.2. The van der Waals surface area contributed by atoms with E-state index < -0.39 is 0 Å². The Hall–Kier alpha value is -1.22. The van der Waals surface area contributed by atoms with Gasteiger partial charge in [-0.2, -0.15) is 0 Å². The average molecular weight is 310 g/mol. The molecule has 4 heteroatoms. The van der Waals surface area contributed by atoms with E-state index >= 15 is 0 Å². The monoisotopic (exact) mass is 309 g/mol. The largest absolute Gasteiger partial charge is 0.457 e. The summed E-state index contributed by atoms with van der Waals surface area (Å²) in [7, 11) is 0. The zero-order valence-electron chi connectivity index (χ0n) is 11.3. The number of hydrogen-bond acceptors (Lipinski definition) is 2. The van der Waals surface area contributed by atoms with Gasteiger partial charge in [-0.1, -0.05) is 42.3 Å². The third-order valence-electron chi connectivity index (χ3n) is 3.05. The fourth-order valence-electron chi connectivity index (χ4n) is 1.86. The van der Waals surface area contributed by atoms with Crippen LogP contribution < -0.4 is 10.5 Å². The van der Waals surface area contributed by atoms with Gasteiger partial charge in [-0.15, -0.1) is 0 Å². The van der Waals surface area contributed by atoms with Crippen molar-refractivity contribution in [1.82, 2.24) is 0 Å². The highest BCUT2D eigenvalue weighted by Crippen LogP contribution is 2.29. The Morgan fingerprint density at radius 2 is 1.80 bits per heavy atom. The van der Waals surface area contributed by atoms with Gasteiger partial charge in [-0.25, -0.2) is 0 Å². The Morgan fingerprint density at radius 1 is 1.05 bits per heavy atom. The maximum Gasteiger partial charge on any atom is 0.129 e. The maximum atomic E-state index is 5.97. The molecule has 0 aliphatic carbocycles. The van der Waals surface area contributed by atoms with Gasteiger partial charge < -0.3 is 10.5 Å². The summed E-state index contributed by atoms with van der Waals surface area (Å²) >= 11 is 11.9. The molecule has 20 heavy (non-hydrogen) atoms. The molecule has 1 atom stereocenters. The van der Waals surface area contributed by atoms with Crippen LogP contribution in [0.25, 0.3) is 0 Å². The van der Waals surface area contributed by atoms with Crippen molar-refractivity contribution in [2.45, 2.75) is 25.8 Å². The lowest BCUT2D eigenvalue weighted by Crippen LogP contribution is -2.21. The van der Waals surface area contributed by atoms with Crippen molar-refractivity contribution in [3.63, 3.8) is 0 Å². The number of halogens is 2. The first-order valence-corrected chi connectivity index (χ1v) is 7.31. The van der Waals surface area contributed by atoms with Crippen LogP contribution in [0.1, 0.15) is 18.9 Å². The van der Waals surface area contributed by atoms with Crippen LogP contribution in [0, 0.1) is 0 Å². The minimum Gasteiger partial charge on any atom is -0.457 e. The first-order chi connectivity index (χ1) is 9.58. The third kappa shape index (κ3) is 4.14. The van der Waals surface area contributed by atoms with Gasteiger partial charge in [0.2, 0.25) is 0 Å². The van der Waals surface area contributed by atoms with E-state index in [4.69, 9.17) is 33.7 Å². The molecule has 0 spiro atoms.